The smallest absolute Gasteiger partial charge is 0.338 e. The van der Waals surface area contributed by atoms with Crippen molar-refractivity contribution in [1.29, 1.82) is 0 Å². The van der Waals surface area contributed by atoms with Crippen LogP contribution < -0.4 is 4.90 Å². The molecule has 166 valence electrons. The molecule has 0 aliphatic carbocycles. The van der Waals surface area contributed by atoms with Crippen LogP contribution in [0, 0.1) is 0 Å². The summed E-state index contributed by atoms with van der Waals surface area (Å²) >= 11 is 1.61. The van der Waals surface area contributed by atoms with Gasteiger partial charge >= 0.3 is 5.97 Å². The topological polar surface area (TPSA) is 66.9 Å². The first-order chi connectivity index (χ1) is 16.1. The highest BCUT2D eigenvalue weighted by Crippen LogP contribution is 2.47. The molecule has 2 heterocycles. The fourth-order valence-electron chi connectivity index (χ4n) is 4.09. The molecule has 3 aromatic carbocycles. The highest BCUT2D eigenvalue weighted by atomic mass is 32.2. The molecule has 0 N–H and O–H groups in total. The van der Waals surface area contributed by atoms with Crippen molar-refractivity contribution in [2.45, 2.75) is 29.2 Å². The number of fused-ring (bicyclic) bond motifs is 2. The Balaban J connectivity index is 1.26. The van der Waals surface area contributed by atoms with Crippen LogP contribution in [-0.4, -0.2) is 35.8 Å². The van der Waals surface area contributed by atoms with E-state index in [2.05, 4.69) is 0 Å². The zero-order valence-electron chi connectivity index (χ0n) is 17.9. The molecule has 0 saturated carbocycles. The molecule has 7 heteroatoms. The Hall–Kier alpha value is -3.58. The van der Waals surface area contributed by atoms with E-state index in [-0.39, 0.29) is 18.4 Å². The van der Waals surface area contributed by atoms with E-state index in [0.717, 1.165) is 39.7 Å². The van der Waals surface area contributed by atoms with E-state index in [1.807, 2.05) is 65.6 Å². The molecule has 0 aromatic heterocycles. The third kappa shape index (κ3) is 4.36. The highest BCUT2D eigenvalue weighted by molar-refractivity contribution is 7.99. The molecule has 0 bridgehead atoms. The summed E-state index contributed by atoms with van der Waals surface area (Å²) in [7, 11) is 0. The molecule has 0 unspecified atom stereocenters. The van der Waals surface area contributed by atoms with Crippen LogP contribution in [0.1, 0.15) is 28.8 Å². The number of carbonyl (C=O) groups excluding carboxylic acids is 3. The number of rotatable bonds is 5. The van der Waals surface area contributed by atoms with Gasteiger partial charge in [0.05, 0.1) is 16.9 Å². The van der Waals surface area contributed by atoms with Crippen LogP contribution in [0.4, 0.5) is 11.4 Å². The van der Waals surface area contributed by atoms with Crippen LogP contribution in [0.5, 0.6) is 0 Å². The molecular formula is C26H22N2O4S. The zero-order chi connectivity index (χ0) is 22.8. The van der Waals surface area contributed by atoms with Crippen molar-refractivity contribution in [2.75, 3.05) is 18.1 Å². The lowest BCUT2D eigenvalue weighted by Gasteiger charge is -2.30. The minimum absolute atomic E-state index is 0.163. The molecule has 5 rings (SSSR count). The van der Waals surface area contributed by atoms with Gasteiger partial charge in [-0.05, 0) is 48.4 Å². The fourth-order valence-corrected chi connectivity index (χ4v) is 5.14. The number of benzene rings is 3. The normalized spacial score (nSPS) is 14.6. The SMILES string of the molecule is O=C(OCC(=O)N1c2ccccc2Sc2ccccc21)c1ccc(CN2CCCC2=O)cc1. The second kappa shape index (κ2) is 9.11. The van der Waals surface area contributed by atoms with Crippen molar-refractivity contribution in [2.24, 2.45) is 0 Å². The molecule has 2 amide bonds. The average molecular weight is 459 g/mol. The summed E-state index contributed by atoms with van der Waals surface area (Å²) in [6.45, 7) is 0.945. The van der Waals surface area contributed by atoms with Gasteiger partial charge in [-0.15, -0.1) is 0 Å². The van der Waals surface area contributed by atoms with Gasteiger partial charge in [0.2, 0.25) is 5.91 Å². The van der Waals surface area contributed by atoms with Gasteiger partial charge in [-0.2, -0.15) is 0 Å². The Morgan fingerprint density at radius 1 is 0.879 bits per heavy atom. The van der Waals surface area contributed by atoms with E-state index in [1.165, 1.54) is 0 Å². The van der Waals surface area contributed by atoms with Gasteiger partial charge in [0.1, 0.15) is 0 Å². The summed E-state index contributed by atoms with van der Waals surface area (Å²) in [6.07, 6.45) is 1.49. The van der Waals surface area contributed by atoms with Gasteiger partial charge in [-0.25, -0.2) is 4.79 Å². The van der Waals surface area contributed by atoms with E-state index in [4.69, 9.17) is 4.74 Å². The first-order valence-corrected chi connectivity index (χ1v) is 11.6. The maximum absolute atomic E-state index is 13.1. The lowest BCUT2D eigenvalue weighted by molar-refractivity contribution is -0.128. The maximum Gasteiger partial charge on any atom is 0.338 e. The second-order valence-corrected chi connectivity index (χ2v) is 9.04. The minimum atomic E-state index is -0.555. The first kappa shape index (κ1) is 21.3. The summed E-state index contributed by atoms with van der Waals surface area (Å²) in [5, 5.41) is 0. The number of ether oxygens (including phenoxy) is 1. The third-order valence-corrected chi connectivity index (χ3v) is 6.87. The summed E-state index contributed by atoms with van der Waals surface area (Å²) in [5.41, 5.74) is 2.89. The highest BCUT2D eigenvalue weighted by Gasteiger charge is 2.28. The van der Waals surface area contributed by atoms with E-state index in [1.54, 1.807) is 28.8 Å². The number of para-hydroxylation sites is 2. The van der Waals surface area contributed by atoms with Crippen LogP contribution in [-0.2, 0) is 20.9 Å². The van der Waals surface area contributed by atoms with Gasteiger partial charge in [-0.3, -0.25) is 14.5 Å². The Morgan fingerprint density at radius 2 is 1.52 bits per heavy atom. The molecule has 3 aromatic rings. The molecule has 6 nitrogen and oxygen atoms in total. The van der Waals surface area contributed by atoms with Crippen LogP contribution in [0.25, 0.3) is 0 Å². The minimum Gasteiger partial charge on any atom is -0.452 e. The summed E-state index contributed by atoms with van der Waals surface area (Å²) in [6, 6.07) is 22.3. The number of amides is 2. The average Bonchev–Trinajstić information content (AvgIpc) is 3.25. The van der Waals surface area contributed by atoms with Gasteiger partial charge in [0.15, 0.2) is 6.61 Å². The maximum atomic E-state index is 13.1. The lowest BCUT2D eigenvalue weighted by Crippen LogP contribution is -2.32. The van der Waals surface area contributed by atoms with E-state index in [9.17, 15) is 14.4 Å². The third-order valence-electron chi connectivity index (χ3n) is 5.74. The number of likely N-dealkylation sites (tertiary alicyclic amines) is 1. The van der Waals surface area contributed by atoms with Gasteiger partial charge < -0.3 is 9.64 Å². The predicted molar refractivity (Wildman–Crippen MR) is 126 cm³/mol. The monoisotopic (exact) mass is 458 g/mol. The quantitative estimate of drug-likeness (QED) is 0.514. The van der Waals surface area contributed by atoms with Gasteiger partial charge in [0.25, 0.3) is 5.91 Å². The van der Waals surface area contributed by atoms with Crippen LogP contribution in [0.15, 0.2) is 82.6 Å². The van der Waals surface area contributed by atoms with Crippen molar-refractivity contribution in [3.63, 3.8) is 0 Å². The fraction of sp³-hybridized carbons (Fsp3) is 0.192. The van der Waals surface area contributed by atoms with Crippen LogP contribution >= 0.6 is 11.8 Å². The molecule has 0 atom stereocenters. The summed E-state index contributed by atoms with van der Waals surface area (Å²) < 4.78 is 5.36. The number of hydrogen-bond donors (Lipinski definition) is 0. The molecule has 2 aliphatic rings. The number of carbonyl (C=O) groups is 3. The van der Waals surface area contributed by atoms with Crippen LogP contribution in [0.3, 0.4) is 0 Å². The van der Waals surface area contributed by atoms with E-state index >= 15 is 0 Å². The van der Waals surface area contributed by atoms with Crippen molar-refractivity contribution >= 4 is 40.9 Å². The molecule has 0 spiro atoms. The Bertz CT molecular complexity index is 1180. The molecule has 1 saturated heterocycles. The van der Waals surface area contributed by atoms with Gasteiger partial charge in [0, 0.05) is 29.3 Å². The lowest BCUT2D eigenvalue weighted by atomic mass is 10.1. The number of anilines is 2. The largest absolute Gasteiger partial charge is 0.452 e. The molecule has 33 heavy (non-hydrogen) atoms. The van der Waals surface area contributed by atoms with Crippen molar-refractivity contribution in [1.82, 2.24) is 4.90 Å². The Morgan fingerprint density at radius 3 is 2.12 bits per heavy atom. The van der Waals surface area contributed by atoms with Crippen LogP contribution in [0.2, 0.25) is 0 Å². The number of hydrogen-bond acceptors (Lipinski definition) is 5. The molecule has 2 aliphatic heterocycles. The van der Waals surface area contributed by atoms with Crippen molar-refractivity contribution in [3.8, 4) is 0 Å². The predicted octanol–water partition coefficient (Wildman–Crippen LogP) is 4.80. The van der Waals surface area contributed by atoms with Crippen molar-refractivity contribution < 1.29 is 19.1 Å². The molecular weight excluding hydrogens is 436 g/mol. The van der Waals surface area contributed by atoms with Crippen molar-refractivity contribution in [3.05, 3.63) is 83.9 Å². The van der Waals surface area contributed by atoms with Gasteiger partial charge in [-0.1, -0.05) is 48.2 Å². The Labute approximate surface area is 196 Å². The second-order valence-electron chi connectivity index (χ2n) is 7.96. The van der Waals surface area contributed by atoms with E-state index < -0.39 is 5.97 Å². The molecule has 0 radical (unpaired) electrons. The summed E-state index contributed by atoms with van der Waals surface area (Å²) in [4.78, 5) is 42.9. The van der Waals surface area contributed by atoms with E-state index in [0.29, 0.717) is 18.5 Å². The number of esters is 1. The molecule has 1 fully saturated rings. The zero-order valence-corrected chi connectivity index (χ0v) is 18.7. The first-order valence-electron chi connectivity index (χ1n) is 10.8. The Kier molecular flexibility index (Phi) is 5.88. The standard InChI is InChI=1S/C26H22N2O4S/c29-24-10-5-15-27(24)16-18-11-13-19(14-12-18)26(31)32-17-25(30)28-20-6-1-3-8-22(20)33-23-9-4-2-7-21(23)28/h1-4,6-9,11-14H,5,10,15-17H2. The number of nitrogens with zero attached hydrogens (tertiary/aromatic N) is 2. The summed E-state index contributed by atoms with van der Waals surface area (Å²) in [5.74, 6) is -0.705.